The molecule has 5 atom stereocenters. The van der Waals surface area contributed by atoms with Crippen molar-refractivity contribution in [3.8, 4) is 0 Å². The summed E-state index contributed by atoms with van der Waals surface area (Å²) in [6.07, 6.45) is -5.54. The fraction of sp³-hybridized carbons (Fsp3) is 0.667. The van der Waals surface area contributed by atoms with Crippen LogP contribution in [0.4, 0.5) is 0 Å². The fourth-order valence-corrected chi connectivity index (χ4v) is 4.43. The zero-order chi connectivity index (χ0) is 15.8. The van der Waals surface area contributed by atoms with Gasteiger partial charge in [-0.3, -0.25) is 0 Å². The van der Waals surface area contributed by atoms with Gasteiger partial charge in [0.05, 0.1) is 6.10 Å². The minimum absolute atomic E-state index is 0.180. The van der Waals surface area contributed by atoms with Gasteiger partial charge in [-0.1, -0.05) is 0 Å². The average Bonchev–Trinajstić information content (AvgIpc) is 2.86. The Morgan fingerprint density at radius 1 is 1.29 bits per heavy atom. The van der Waals surface area contributed by atoms with Crippen LogP contribution in [0.1, 0.15) is 12.5 Å². The van der Waals surface area contributed by atoms with Crippen LogP contribution in [0.25, 0.3) is 0 Å². The van der Waals surface area contributed by atoms with Crippen molar-refractivity contribution in [3.63, 3.8) is 0 Å². The molecular formula is C12H19NO6S2. The van der Waals surface area contributed by atoms with E-state index >= 15 is 0 Å². The van der Waals surface area contributed by atoms with E-state index in [1.54, 1.807) is 25.3 Å². The zero-order valence-electron chi connectivity index (χ0n) is 11.6. The van der Waals surface area contributed by atoms with E-state index in [1.807, 2.05) is 0 Å². The molecule has 1 saturated heterocycles. The van der Waals surface area contributed by atoms with E-state index < -0.39 is 40.5 Å². The van der Waals surface area contributed by atoms with Crippen molar-refractivity contribution in [1.29, 1.82) is 0 Å². The van der Waals surface area contributed by atoms with E-state index in [0.29, 0.717) is 0 Å². The molecule has 0 bridgehead atoms. The molecule has 1 aromatic heterocycles. The van der Waals surface area contributed by atoms with Crippen molar-refractivity contribution in [3.05, 3.63) is 17.0 Å². The van der Waals surface area contributed by atoms with Crippen LogP contribution in [0.5, 0.6) is 0 Å². The smallest absolute Gasteiger partial charge is 0.250 e. The topological polar surface area (TPSA) is 116 Å². The normalized spacial score (nSPS) is 34.0. The third kappa shape index (κ3) is 3.62. The summed E-state index contributed by atoms with van der Waals surface area (Å²) in [6, 6.07) is 1.55. The van der Waals surface area contributed by atoms with Gasteiger partial charge in [-0.15, -0.1) is 11.3 Å². The Morgan fingerprint density at radius 3 is 2.52 bits per heavy atom. The number of hydrogen-bond donors (Lipinski definition) is 4. The Labute approximate surface area is 127 Å². The second-order valence-corrected chi connectivity index (χ2v) is 8.05. The molecule has 0 aliphatic carbocycles. The number of aryl methyl sites for hydroxylation is 1. The summed E-state index contributed by atoms with van der Waals surface area (Å²) in [5.74, 6) is 0. The van der Waals surface area contributed by atoms with Crippen molar-refractivity contribution in [2.45, 2.75) is 48.6 Å². The van der Waals surface area contributed by atoms with E-state index in [1.165, 1.54) is 0 Å². The number of ether oxygens (including phenoxy) is 1. The summed E-state index contributed by atoms with van der Waals surface area (Å²) in [7, 11) is -3.68. The number of hydrogen-bond acceptors (Lipinski definition) is 7. The van der Waals surface area contributed by atoms with Gasteiger partial charge in [0.15, 0.2) is 0 Å². The predicted octanol–water partition coefficient (Wildman–Crippen LogP) is -0.795. The molecule has 1 fully saturated rings. The van der Waals surface area contributed by atoms with Crippen molar-refractivity contribution < 1.29 is 28.5 Å². The maximum absolute atomic E-state index is 12.1. The standard InChI is InChI=1S/C12H19NO6S2/c1-6-3-9(20-5-6)21(17,18)13-4-8-11(15)12(16)10(14)7(2)19-8/h3,5,7-8,10-16H,4H2,1-2H3. The molecule has 0 aromatic carbocycles. The first kappa shape index (κ1) is 16.8. The summed E-state index contributed by atoms with van der Waals surface area (Å²) in [5.41, 5.74) is 0.849. The van der Waals surface area contributed by atoms with Crippen molar-refractivity contribution in [1.82, 2.24) is 4.72 Å². The average molecular weight is 337 g/mol. The van der Waals surface area contributed by atoms with E-state index in [-0.39, 0.29) is 10.8 Å². The van der Waals surface area contributed by atoms with Crippen LogP contribution in [0.3, 0.4) is 0 Å². The maximum atomic E-state index is 12.1. The summed E-state index contributed by atoms with van der Waals surface area (Å²) >= 11 is 1.10. The summed E-state index contributed by atoms with van der Waals surface area (Å²) in [4.78, 5) is 0. The Bertz CT molecular complexity index is 586. The SMILES string of the molecule is Cc1csc(S(=O)(=O)NCC2OC(C)C(O)C(O)C2O)c1. The van der Waals surface area contributed by atoms with Gasteiger partial charge >= 0.3 is 0 Å². The highest BCUT2D eigenvalue weighted by atomic mass is 32.2. The molecule has 0 spiro atoms. The molecule has 1 aliphatic rings. The van der Waals surface area contributed by atoms with Gasteiger partial charge in [0.1, 0.15) is 28.6 Å². The van der Waals surface area contributed by atoms with Crippen molar-refractivity contribution in [2.75, 3.05) is 6.54 Å². The van der Waals surface area contributed by atoms with Crippen molar-refractivity contribution in [2.24, 2.45) is 0 Å². The highest BCUT2D eigenvalue weighted by molar-refractivity contribution is 7.91. The zero-order valence-corrected chi connectivity index (χ0v) is 13.3. The van der Waals surface area contributed by atoms with Gasteiger partial charge in [0.2, 0.25) is 10.0 Å². The molecule has 7 nitrogen and oxygen atoms in total. The molecule has 1 aliphatic heterocycles. The van der Waals surface area contributed by atoms with Crippen LogP contribution >= 0.6 is 11.3 Å². The van der Waals surface area contributed by atoms with Gasteiger partial charge in [-0.2, -0.15) is 0 Å². The van der Waals surface area contributed by atoms with Gasteiger partial charge in [0, 0.05) is 6.54 Å². The lowest BCUT2D eigenvalue weighted by atomic mass is 9.96. The molecule has 2 heterocycles. The monoisotopic (exact) mass is 337 g/mol. The molecule has 4 N–H and O–H groups in total. The van der Waals surface area contributed by atoms with Gasteiger partial charge in [0.25, 0.3) is 0 Å². The summed E-state index contributed by atoms with van der Waals surface area (Å²) < 4.78 is 32.0. The maximum Gasteiger partial charge on any atom is 0.250 e. The molecule has 1 aromatic rings. The van der Waals surface area contributed by atoms with Gasteiger partial charge in [-0.25, -0.2) is 13.1 Å². The lowest BCUT2D eigenvalue weighted by molar-refractivity contribution is -0.214. The quantitative estimate of drug-likeness (QED) is 0.572. The van der Waals surface area contributed by atoms with Gasteiger partial charge < -0.3 is 20.1 Å². The predicted molar refractivity (Wildman–Crippen MR) is 76.6 cm³/mol. The highest BCUT2D eigenvalue weighted by Gasteiger charge is 2.41. The number of rotatable bonds is 4. The highest BCUT2D eigenvalue weighted by Crippen LogP contribution is 2.22. The molecule has 0 radical (unpaired) electrons. The van der Waals surface area contributed by atoms with E-state index in [0.717, 1.165) is 16.9 Å². The van der Waals surface area contributed by atoms with E-state index in [9.17, 15) is 23.7 Å². The summed E-state index contributed by atoms with van der Waals surface area (Å²) in [5, 5.41) is 30.8. The van der Waals surface area contributed by atoms with E-state index in [2.05, 4.69) is 4.72 Å². The van der Waals surface area contributed by atoms with Crippen LogP contribution in [0.15, 0.2) is 15.7 Å². The minimum Gasteiger partial charge on any atom is -0.388 e. The van der Waals surface area contributed by atoms with Crippen LogP contribution in [0, 0.1) is 6.92 Å². The Kier molecular flexibility index (Phi) is 5.03. The van der Waals surface area contributed by atoms with Crippen molar-refractivity contribution >= 4 is 21.4 Å². The van der Waals surface area contributed by atoms with Gasteiger partial charge in [-0.05, 0) is 30.9 Å². The van der Waals surface area contributed by atoms with Crippen LogP contribution in [0.2, 0.25) is 0 Å². The van der Waals surface area contributed by atoms with Crippen LogP contribution in [-0.4, -0.2) is 60.8 Å². The molecular weight excluding hydrogens is 318 g/mol. The third-order valence-electron chi connectivity index (χ3n) is 3.40. The first-order valence-corrected chi connectivity index (χ1v) is 8.83. The first-order chi connectivity index (χ1) is 9.72. The summed E-state index contributed by atoms with van der Waals surface area (Å²) in [6.45, 7) is 3.15. The molecule has 2 rings (SSSR count). The molecule has 0 amide bonds. The fourth-order valence-electron chi connectivity index (χ4n) is 2.11. The molecule has 9 heteroatoms. The minimum atomic E-state index is -3.68. The largest absolute Gasteiger partial charge is 0.388 e. The first-order valence-electron chi connectivity index (χ1n) is 6.47. The lowest BCUT2D eigenvalue weighted by Gasteiger charge is -2.39. The van der Waals surface area contributed by atoms with Crippen LogP contribution < -0.4 is 4.72 Å². The third-order valence-corrected chi connectivity index (χ3v) is 6.38. The Balaban J connectivity index is 2.02. The molecule has 5 unspecified atom stereocenters. The number of nitrogens with one attached hydrogen (secondary N) is 1. The number of aliphatic hydroxyl groups excluding tert-OH is 3. The second kappa shape index (κ2) is 6.29. The number of sulfonamides is 1. The Morgan fingerprint density at radius 2 is 1.95 bits per heavy atom. The second-order valence-electron chi connectivity index (χ2n) is 5.15. The van der Waals surface area contributed by atoms with Crippen LogP contribution in [-0.2, 0) is 14.8 Å². The van der Waals surface area contributed by atoms with E-state index in [4.69, 9.17) is 4.74 Å². The molecule has 21 heavy (non-hydrogen) atoms. The lowest BCUT2D eigenvalue weighted by Crippen LogP contribution is -2.59. The number of aliphatic hydroxyl groups is 3. The molecule has 120 valence electrons. The number of thiophene rings is 1. The molecule has 0 saturated carbocycles. The Hall–Kier alpha value is -0.550.